The van der Waals surface area contributed by atoms with Crippen molar-refractivity contribution in [3.63, 3.8) is 0 Å². The molecule has 2 aromatic carbocycles. The first kappa shape index (κ1) is 24.2. The third-order valence-corrected chi connectivity index (χ3v) is 7.07. The number of thioether (sulfide) groups is 1. The Morgan fingerprint density at radius 2 is 1.88 bits per heavy atom. The van der Waals surface area contributed by atoms with E-state index in [-0.39, 0.29) is 36.5 Å². The summed E-state index contributed by atoms with van der Waals surface area (Å²) in [5, 5.41) is 11.4. The smallest absolute Gasteiger partial charge is 0.237 e. The molecule has 1 aliphatic rings. The van der Waals surface area contributed by atoms with Crippen LogP contribution in [0.15, 0.2) is 71.8 Å². The zero-order valence-electron chi connectivity index (χ0n) is 19.1. The van der Waals surface area contributed by atoms with Crippen molar-refractivity contribution in [2.45, 2.75) is 42.4 Å². The Balaban J connectivity index is 1.37. The van der Waals surface area contributed by atoms with E-state index in [2.05, 4.69) is 40.2 Å². The Labute approximate surface area is 204 Å². The van der Waals surface area contributed by atoms with Crippen LogP contribution in [0.3, 0.4) is 0 Å². The van der Waals surface area contributed by atoms with Crippen molar-refractivity contribution in [3.8, 4) is 0 Å². The molecule has 3 atom stereocenters. The van der Waals surface area contributed by atoms with E-state index in [1.165, 1.54) is 5.56 Å². The number of hydrogen-bond acceptors (Lipinski definition) is 6. The van der Waals surface area contributed by atoms with Gasteiger partial charge in [-0.2, -0.15) is 0 Å². The fourth-order valence-corrected chi connectivity index (χ4v) is 5.08. The van der Waals surface area contributed by atoms with Crippen LogP contribution in [0.1, 0.15) is 18.4 Å². The lowest BCUT2D eigenvalue weighted by atomic mass is 10.1. The van der Waals surface area contributed by atoms with E-state index in [0.717, 1.165) is 34.5 Å². The number of nitrogens with zero attached hydrogens (tertiary/aromatic N) is 1. The highest BCUT2D eigenvalue weighted by Crippen LogP contribution is 2.22. The zero-order chi connectivity index (χ0) is 23.8. The molecule has 5 N–H and O–H groups in total. The highest BCUT2D eigenvalue weighted by Gasteiger charge is 2.31. The highest BCUT2D eigenvalue weighted by atomic mass is 32.2. The first-order valence-electron chi connectivity index (χ1n) is 11.7. The molecule has 0 bridgehead atoms. The monoisotopic (exact) mass is 477 g/mol. The third kappa shape index (κ3) is 6.79. The largest absolute Gasteiger partial charge is 0.351 e. The molecular formula is C26H31N5O2S. The second-order valence-corrected chi connectivity index (χ2v) is 9.59. The van der Waals surface area contributed by atoms with Gasteiger partial charge in [0.1, 0.15) is 0 Å². The van der Waals surface area contributed by atoms with Gasteiger partial charge < -0.3 is 21.7 Å². The predicted octanol–water partition coefficient (Wildman–Crippen LogP) is 2.25. The molecule has 1 aromatic heterocycles. The molecule has 2 amide bonds. The molecule has 2 heterocycles. The van der Waals surface area contributed by atoms with E-state index in [1.807, 2.05) is 42.5 Å². The molecule has 7 nitrogen and oxygen atoms in total. The highest BCUT2D eigenvalue weighted by molar-refractivity contribution is 7.99. The molecule has 0 aliphatic carbocycles. The van der Waals surface area contributed by atoms with Crippen LogP contribution in [0, 0.1) is 0 Å². The molecule has 0 spiro atoms. The molecule has 1 aliphatic heterocycles. The van der Waals surface area contributed by atoms with Gasteiger partial charge in [0, 0.05) is 29.8 Å². The number of aryl methyl sites for hydroxylation is 1. The molecule has 4 rings (SSSR count). The summed E-state index contributed by atoms with van der Waals surface area (Å²) in [5.41, 5.74) is 7.60. The number of aromatic nitrogens is 1. The van der Waals surface area contributed by atoms with Crippen molar-refractivity contribution in [1.29, 1.82) is 0 Å². The topological polar surface area (TPSA) is 109 Å². The minimum atomic E-state index is -0.328. The Kier molecular flexibility index (Phi) is 8.51. The van der Waals surface area contributed by atoms with Crippen LogP contribution in [0.4, 0.5) is 0 Å². The lowest BCUT2D eigenvalue weighted by molar-refractivity contribution is -0.124. The minimum Gasteiger partial charge on any atom is -0.351 e. The fraction of sp³-hybridized carbons (Fsp3) is 0.346. The zero-order valence-corrected chi connectivity index (χ0v) is 19.9. The number of nitrogens with two attached hydrogens (primary N) is 1. The second-order valence-electron chi connectivity index (χ2n) is 8.55. The summed E-state index contributed by atoms with van der Waals surface area (Å²) < 4.78 is 0. The van der Waals surface area contributed by atoms with Crippen LogP contribution in [-0.4, -0.2) is 53.8 Å². The maximum atomic E-state index is 13.0. The first-order valence-corrected chi connectivity index (χ1v) is 12.6. The average Bonchev–Trinajstić information content (AvgIpc) is 3.34. The molecule has 178 valence electrons. The number of para-hydroxylation sites is 1. The quantitative estimate of drug-likeness (QED) is 0.334. The van der Waals surface area contributed by atoms with Crippen molar-refractivity contribution < 1.29 is 9.59 Å². The maximum absolute atomic E-state index is 13.0. The van der Waals surface area contributed by atoms with Crippen LogP contribution in [0.5, 0.6) is 0 Å². The van der Waals surface area contributed by atoms with Gasteiger partial charge >= 0.3 is 0 Å². The fourth-order valence-electron chi connectivity index (χ4n) is 4.13. The number of amides is 2. The minimum absolute atomic E-state index is 0.00883. The molecule has 8 heteroatoms. The normalized spacial score (nSPS) is 18.5. The van der Waals surface area contributed by atoms with Crippen LogP contribution in [0.25, 0.3) is 10.9 Å². The van der Waals surface area contributed by atoms with E-state index in [0.29, 0.717) is 13.0 Å². The number of carbonyl (C=O) groups is 2. The number of pyridine rings is 1. The van der Waals surface area contributed by atoms with Gasteiger partial charge in [0.05, 0.1) is 23.1 Å². The van der Waals surface area contributed by atoms with Gasteiger partial charge in [-0.1, -0.05) is 54.6 Å². The Morgan fingerprint density at radius 1 is 1.09 bits per heavy atom. The summed E-state index contributed by atoms with van der Waals surface area (Å²) in [7, 11) is 0. The lowest BCUT2D eigenvalue weighted by Gasteiger charge is -2.21. The van der Waals surface area contributed by atoms with Crippen molar-refractivity contribution in [3.05, 3.63) is 72.3 Å². The first-order chi connectivity index (χ1) is 16.6. The summed E-state index contributed by atoms with van der Waals surface area (Å²) in [6, 6.07) is 22.1. The standard InChI is InChI=1S/C26H31N5O2S/c27-15-24(32)29-21-14-23(28-16-21)26(33)30-20(12-10-18-6-2-1-3-7-18)17-34-25-13-11-19-8-4-5-9-22(19)31-25/h1-9,11,13,20-21,23,28H,10,12,14-17,27H2,(H,29,32)(H,30,33)/t20?,21-,23+/m1/s1. The van der Waals surface area contributed by atoms with E-state index < -0.39 is 0 Å². The molecule has 1 unspecified atom stereocenters. The number of nitrogens with one attached hydrogen (secondary N) is 3. The van der Waals surface area contributed by atoms with Crippen LogP contribution in [-0.2, 0) is 16.0 Å². The van der Waals surface area contributed by atoms with Gasteiger partial charge in [0.25, 0.3) is 0 Å². The summed E-state index contributed by atoms with van der Waals surface area (Å²) in [6.07, 6.45) is 2.27. The van der Waals surface area contributed by atoms with Gasteiger partial charge in [0.15, 0.2) is 0 Å². The van der Waals surface area contributed by atoms with Crippen molar-refractivity contribution in [2.24, 2.45) is 5.73 Å². The van der Waals surface area contributed by atoms with Gasteiger partial charge in [-0.25, -0.2) is 4.98 Å². The number of benzene rings is 2. The van der Waals surface area contributed by atoms with Gasteiger partial charge in [-0.15, -0.1) is 11.8 Å². The molecule has 0 saturated carbocycles. The number of fused-ring (bicyclic) bond motifs is 1. The summed E-state index contributed by atoms with van der Waals surface area (Å²) in [4.78, 5) is 29.3. The van der Waals surface area contributed by atoms with Crippen molar-refractivity contribution in [1.82, 2.24) is 20.9 Å². The van der Waals surface area contributed by atoms with Crippen molar-refractivity contribution >= 4 is 34.5 Å². The van der Waals surface area contributed by atoms with Gasteiger partial charge in [-0.05, 0) is 37.0 Å². The number of carbonyl (C=O) groups excluding carboxylic acids is 2. The second kappa shape index (κ2) is 12.0. The van der Waals surface area contributed by atoms with Crippen LogP contribution in [0.2, 0.25) is 0 Å². The molecule has 3 aromatic rings. The van der Waals surface area contributed by atoms with Crippen molar-refractivity contribution in [2.75, 3.05) is 18.8 Å². The Bertz CT molecular complexity index is 1110. The SMILES string of the molecule is NCC(=O)N[C@H]1CN[C@H](C(=O)NC(CCc2ccccc2)CSc2ccc3ccccc3n2)C1. The van der Waals surface area contributed by atoms with Crippen LogP contribution < -0.4 is 21.7 Å². The number of rotatable bonds is 10. The lowest BCUT2D eigenvalue weighted by Crippen LogP contribution is -2.46. The molecule has 1 fully saturated rings. The summed E-state index contributed by atoms with van der Waals surface area (Å²) in [6.45, 7) is 0.517. The van der Waals surface area contributed by atoms with Gasteiger partial charge in [-0.3, -0.25) is 9.59 Å². The molecule has 0 radical (unpaired) electrons. The van der Waals surface area contributed by atoms with E-state index in [9.17, 15) is 9.59 Å². The van der Waals surface area contributed by atoms with Gasteiger partial charge in [0.2, 0.25) is 11.8 Å². The molecule has 1 saturated heterocycles. The predicted molar refractivity (Wildman–Crippen MR) is 137 cm³/mol. The van der Waals surface area contributed by atoms with E-state index in [1.54, 1.807) is 11.8 Å². The number of hydrogen-bond donors (Lipinski definition) is 4. The maximum Gasteiger partial charge on any atom is 0.237 e. The average molecular weight is 478 g/mol. The third-order valence-electron chi connectivity index (χ3n) is 5.97. The summed E-state index contributed by atoms with van der Waals surface area (Å²) >= 11 is 1.66. The Morgan fingerprint density at radius 3 is 2.71 bits per heavy atom. The molecular weight excluding hydrogens is 446 g/mol. The van der Waals surface area contributed by atoms with E-state index in [4.69, 9.17) is 10.7 Å². The van der Waals surface area contributed by atoms with Crippen LogP contribution >= 0.6 is 11.8 Å². The summed E-state index contributed by atoms with van der Waals surface area (Å²) in [5.74, 6) is 0.492. The molecule has 34 heavy (non-hydrogen) atoms. The van der Waals surface area contributed by atoms with E-state index >= 15 is 0 Å². The Hall–Kier alpha value is -2.94.